The summed E-state index contributed by atoms with van der Waals surface area (Å²) >= 11 is 5.79. The summed E-state index contributed by atoms with van der Waals surface area (Å²) in [6, 6.07) is 5.58. The van der Waals surface area contributed by atoms with E-state index in [9.17, 15) is 4.39 Å². The molecular weight excluding hydrogens is 237 g/mol. The highest BCUT2D eigenvalue weighted by atomic mass is 35.5. The second-order valence-corrected chi connectivity index (χ2v) is 5.30. The molecule has 1 fully saturated rings. The van der Waals surface area contributed by atoms with E-state index in [1.807, 2.05) is 13.1 Å². The Morgan fingerprint density at radius 1 is 1.29 bits per heavy atom. The predicted octanol–water partition coefficient (Wildman–Crippen LogP) is 4.11. The van der Waals surface area contributed by atoms with Crippen LogP contribution in [0.3, 0.4) is 0 Å². The van der Waals surface area contributed by atoms with E-state index in [1.54, 1.807) is 6.07 Å². The van der Waals surface area contributed by atoms with Gasteiger partial charge in [-0.05, 0) is 49.9 Å². The first-order chi connectivity index (χ1) is 8.20. The molecular formula is C14H19ClFN. The SMILES string of the molecule is CNC1CCCCC(c2ccc(Cl)cc2F)C1. The molecule has 3 heteroatoms. The minimum absolute atomic E-state index is 0.153. The molecule has 0 radical (unpaired) electrons. The third-order valence-corrected chi connectivity index (χ3v) is 3.97. The molecule has 0 bridgehead atoms. The molecule has 94 valence electrons. The van der Waals surface area contributed by atoms with Gasteiger partial charge in [0.05, 0.1) is 0 Å². The number of nitrogens with one attached hydrogen (secondary N) is 1. The highest BCUT2D eigenvalue weighted by molar-refractivity contribution is 6.30. The van der Waals surface area contributed by atoms with Crippen LogP contribution < -0.4 is 5.32 Å². The van der Waals surface area contributed by atoms with Crippen LogP contribution in [0.15, 0.2) is 18.2 Å². The molecule has 0 heterocycles. The molecule has 1 aromatic carbocycles. The Balaban J connectivity index is 2.19. The zero-order valence-corrected chi connectivity index (χ0v) is 10.9. The fraction of sp³-hybridized carbons (Fsp3) is 0.571. The van der Waals surface area contributed by atoms with E-state index in [-0.39, 0.29) is 5.82 Å². The lowest BCUT2D eigenvalue weighted by Crippen LogP contribution is -2.26. The first-order valence-corrected chi connectivity index (χ1v) is 6.70. The molecule has 0 amide bonds. The molecule has 0 spiro atoms. The van der Waals surface area contributed by atoms with Crippen molar-refractivity contribution >= 4 is 11.6 Å². The van der Waals surface area contributed by atoms with Crippen LogP contribution in [0, 0.1) is 5.82 Å². The van der Waals surface area contributed by atoms with E-state index in [1.165, 1.54) is 25.3 Å². The van der Waals surface area contributed by atoms with Gasteiger partial charge in [0, 0.05) is 11.1 Å². The van der Waals surface area contributed by atoms with Crippen molar-refractivity contribution in [1.82, 2.24) is 5.32 Å². The summed E-state index contributed by atoms with van der Waals surface area (Å²) in [6.45, 7) is 0. The van der Waals surface area contributed by atoms with Crippen molar-refractivity contribution in [2.24, 2.45) is 0 Å². The maximum atomic E-state index is 13.9. The quantitative estimate of drug-likeness (QED) is 0.784. The molecule has 0 aliphatic heterocycles. The maximum Gasteiger partial charge on any atom is 0.128 e. The molecule has 2 unspecified atom stereocenters. The van der Waals surface area contributed by atoms with Crippen LogP contribution >= 0.6 is 11.6 Å². The largest absolute Gasteiger partial charge is 0.317 e. The smallest absolute Gasteiger partial charge is 0.128 e. The standard InChI is InChI=1S/C14H19ClFN/c1-17-12-5-3-2-4-10(8-12)13-7-6-11(15)9-14(13)16/h6-7,9-10,12,17H,2-5,8H2,1H3. The van der Waals surface area contributed by atoms with Crippen LogP contribution in [-0.2, 0) is 0 Å². The summed E-state index contributed by atoms with van der Waals surface area (Å²) in [4.78, 5) is 0. The first-order valence-electron chi connectivity index (χ1n) is 6.33. The molecule has 0 aromatic heterocycles. The van der Waals surface area contributed by atoms with Crippen molar-refractivity contribution in [3.8, 4) is 0 Å². The molecule has 17 heavy (non-hydrogen) atoms. The minimum Gasteiger partial charge on any atom is -0.317 e. The van der Waals surface area contributed by atoms with Crippen LogP contribution in [-0.4, -0.2) is 13.1 Å². The predicted molar refractivity (Wildman–Crippen MR) is 70.1 cm³/mol. The molecule has 1 N–H and O–H groups in total. The second-order valence-electron chi connectivity index (χ2n) is 4.87. The fourth-order valence-corrected chi connectivity index (χ4v) is 2.90. The van der Waals surface area contributed by atoms with E-state index in [2.05, 4.69) is 5.32 Å². The van der Waals surface area contributed by atoms with Crippen molar-refractivity contribution in [3.63, 3.8) is 0 Å². The van der Waals surface area contributed by atoms with Crippen LogP contribution in [0.25, 0.3) is 0 Å². The van der Waals surface area contributed by atoms with Gasteiger partial charge in [-0.15, -0.1) is 0 Å². The fourth-order valence-electron chi connectivity index (χ4n) is 2.74. The first kappa shape index (κ1) is 12.8. The van der Waals surface area contributed by atoms with Crippen LogP contribution in [0.4, 0.5) is 4.39 Å². The second kappa shape index (κ2) is 5.83. The number of halogens is 2. The van der Waals surface area contributed by atoms with Crippen molar-refractivity contribution in [2.75, 3.05) is 7.05 Å². The molecule has 1 aliphatic rings. The van der Waals surface area contributed by atoms with Crippen LogP contribution in [0.1, 0.15) is 43.6 Å². The lowest BCUT2D eigenvalue weighted by molar-refractivity contribution is 0.460. The van der Waals surface area contributed by atoms with Crippen molar-refractivity contribution in [3.05, 3.63) is 34.6 Å². The molecule has 1 aromatic rings. The number of hydrogen-bond acceptors (Lipinski definition) is 1. The van der Waals surface area contributed by atoms with Crippen LogP contribution in [0.5, 0.6) is 0 Å². The molecule has 1 nitrogen and oxygen atoms in total. The summed E-state index contributed by atoms with van der Waals surface area (Å²) in [5.74, 6) is 0.173. The molecule has 1 saturated carbocycles. The highest BCUT2D eigenvalue weighted by Crippen LogP contribution is 2.33. The maximum absolute atomic E-state index is 13.9. The number of rotatable bonds is 2. The van der Waals surface area contributed by atoms with Gasteiger partial charge in [-0.2, -0.15) is 0 Å². The van der Waals surface area contributed by atoms with E-state index in [4.69, 9.17) is 11.6 Å². The van der Waals surface area contributed by atoms with Gasteiger partial charge in [-0.25, -0.2) is 4.39 Å². The summed E-state index contributed by atoms with van der Waals surface area (Å²) in [6.07, 6.45) is 5.72. The minimum atomic E-state index is -0.153. The summed E-state index contributed by atoms with van der Waals surface area (Å²) in [5, 5.41) is 3.80. The van der Waals surface area contributed by atoms with Gasteiger partial charge in [-0.3, -0.25) is 0 Å². The van der Waals surface area contributed by atoms with Gasteiger partial charge in [0.25, 0.3) is 0 Å². The Bertz CT molecular complexity index is 380. The molecule has 1 aliphatic carbocycles. The third kappa shape index (κ3) is 3.20. The zero-order valence-electron chi connectivity index (χ0n) is 10.2. The number of hydrogen-bond donors (Lipinski definition) is 1. The van der Waals surface area contributed by atoms with Crippen molar-refractivity contribution in [2.45, 2.75) is 44.1 Å². The lowest BCUT2D eigenvalue weighted by Gasteiger charge is -2.20. The number of benzene rings is 1. The topological polar surface area (TPSA) is 12.0 Å². The van der Waals surface area contributed by atoms with Gasteiger partial charge in [-0.1, -0.05) is 30.5 Å². The Morgan fingerprint density at radius 3 is 2.76 bits per heavy atom. The average Bonchev–Trinajstić information content (AvgIpc) is 2.54. The molecule has 0 saturated heterocycles. The van der Waals surface area contributed by atoms with Crippen LogP contribution in [0.2, 0.25) is 5.02 Å². The molecule has 2 atom stereocenters. The van der Waals surface area contributed by atoms with Gasteiger partial charge in [0.1, 0.15) is 5.82 Å². The summed E-state index contributed by atoms with van der Waals surface area (Å²) < 4.78 is 13.9. The van der Waals surface area contributed by atoms with Gasteiger partial charge in [0.15, 0.2) is 0 Å². The summed E-state index contributed by atoms with van der Waals surface area (Å²) in [7, 11) is 1.99. The Kier molecular flexibility index (Phi) is 4.41. The Hall–Kier alpha value is -0.600. The van der Waals surface area contributed by atoms with Gasteiger partial charge >= 0.3 is 0 Å². The normalized spacial score (nSPS) is 25.6. The van der Waals surface area contributed by atoms with Crippen molar-refractivity contribution < 1.29 is 4.39 Å². The van der Waals surface area contributed by atoms with E-state index in [0.29, 0.717) is 17.0 Å². The summed E-state index contributed by atoms with van der Waals surface area (Å²) in [5.41, 5.74) is 0.830. The zero-order chi connectivity index (χ0) is 12.3. The highest BCUT2D eigenvalue weighted by Gasteiger charge is 2.22. The Morgan fingerprint density at radius 2 is 2.06 bits per heavy atom. The van der Waals surface area contributed by atoms with E-state index >= 15 is 0 Å². The van der Waals surface area contributed by atoms with Gasteiger partial charge < -0.3 is 5.32 Å². The third-order valence-electron chi connectivity index (χ3n) is 3.73. The van der Waals surface area contributed by atoms with Gasteiger partial charge in [0.2, 0.25) is 0 Å². The molecule has 2 rings (SSSR count). The monoisotopic (exact) mass is 255 g/mol. The average molecular weight is 256 g/mol. The Labute approximate surface area is 107 Å². The lowest BCUT2D eigenvalue weighted by atomic mass is 9.90. The van der Waals surface area contributed by atoms with Crippen molar-refractivity contribution in [1.29, 1.82) is 0 Å². The van der Waals surface area contributed by atoms with E-state index in [0.717, 1.165) is 18.4 Å². The van der Waals surface area contributed by atoms with E-state index < -0.39 is 0 Å².